The van der Waals surface area contributed by atoms with Crippen molar-refractivity contribution < 1.29 is 4.74 Å². The van der Waals surface area contributed by atoms with Crippen LogP contribution in [0.3, 0.4) is 0 Å². The largest absolute Gasteiger partial charge is 0.496 e. The zero-order valence-electron chi connectivity index (χ0n) is 16.2. The number of ether oxygens (including phenoxy) is 1. The molecular formula is C21H28N4OS. The number of methoxy groups -OCH3 is 1. The van der Waals surface area contributed by atoms with Crippen LogP contribution in [0.1, 0.15) is 30.1 Å². The van der Waals surface area contributed by atoms with Gasteiger partial charge >= 0.3 is 0 Å². The van der Waals surface area contributed by atoms with E-state index in [1.54, 1.807) is 18.9 Å². The number of thioether (sulfide) groups is 1. The maximum absolute atomic E-state index is 5.42. The average Bonchev–Trinajstić information content (AvgIpc) is 3.07. The number of benzene rings is 1. The lowest BCUT2D eigenvalue weighted by molar-refractivity contribution is 0.222. The molecule has 0 amide bonds. The van der Waals surface area contributed by atoms with Gasteiger partial charge in [-0.3, -0.25) is 4.90 Å². The van der Waals surface area contributed by atoms with E-state index in [0.717, 1.165) is 47.7 Å². The number of piperidine rings is 1. The Morgan fingerprint density at radius 2 is 2.19 bits per heavy atom. The van der Waals surface area contributed by atoms with Crippen molar-refractivity contribution in [2.75, 3.05) is 32.5 Å². The summed E-state index contributed by atoms with van der Waals surface area (Å²) in [6.07, 6.45) is 8.63. The van der Waals surface area contributed by atoms with Gasteiger partial charge in [-0.1, -0.05) is 48.2 Å². The number of hydrogen-bond donors (Lipinski definition) is 0. The van der Waals surface area contributed by atoms with Crippen LogP contribution in [0.5, 0.6) is 5.75 Å². The van der Waals surface area contributed by atoms with E-state index in [0.29, 0.717) is 5.92 Å². The molecule has 2 aromatic rings. The van der Waals surface area contributed by atoms with Gasteiger partial charge in [-0.05, 0) is 25.5 Å². The second kappa shape index (κ2) is 9.76. The van der Waals surface area contributed by atoms with E-state index in [-0.39, 0.29) is 0 Å². The van der Waals surface area contributed by atoms with Gasteiger partial charge in [0.2, 0.25) is 0 Å². The first-order valence-corrected chi connectivity index (χ1v) is 10.4. The number of para-hydroxylation sites is 1. The highest BCUT2D eigenvalue weighted by Crippen LogP contribution is 2.28. The lowest BCUT2D eigenvalue weighted by Crippen LogP contribution is -2.35. The normalized spacial score (nSPS) is 18.1. The molecule has 1 aliphatic rings. The number of aromatic nitrogens is 3. The fourth-order valence-corrected chi connectivity index (χ4v) is 4.16. The van der Waals surface area contributed by atoms with E-state index >= 15 is 0 Å². The molecule has 0 unspecified atom stereocenters. The third-order valence-corrected chi connectivity index (χ3v) is 5.89. The zero-order valence-corrected chi connectivity index (χ0v) is 17.0. The smallest absolute Gasteiger partial charge is 0.191 e. The quantitative estimate of drug-likeness (QED) is 0.508. The van der Waals surface area contributed by atoms with E-state index < -0.39 is 0 Å². The fraction of sp³-hybridized carbons (Fsp3) is 0.429. The van der Waals surface area contributed by atoms with Crippen molar-refractivity contribution in [3.05, 3.63) is 54.4 Å². The molecule has 0 spiro atoms. The molecule has 144 valence electrons. The maximum atomic E-state index is 5.42. The van der Waals surface area contributed by atoms with Crippen molar-refractivity contribution in [2.45, 2.75) is 23.9 Å². The molecular weight excluding hydrogens is 356 g/mol. The first-order valence-electron chi connectivity index (χ1n) is 9.37. The summed E-state index contributed by atoms with van der Waals surface area (Å²) in [6, 6.07) is 8.10. The Kier molecular flexibility index (Phi) is 7.12. The van der Waals surface area contributed by atoms with Gasteiger partial charge in [0.15, 0.2) is 5.16 Å². The van der Waals surface area contributed by atoms with Crippen molar-refractivity contribution in [3.63, 3.8) is 0 Å². The lowest BCUT2D eigenvalue weighted by Gasteiger charge is -2.31. The van der Waals surface area contributed by atoms with Gasteiger partial charge in [0.25, 0.3) is 0 Å². The predicted molar refractivity (Wildman–Crippen MR) is 112 cm³/mol. The van der Waals surface area contributed by atoms with Crippen molar-refractivity contribution >= 4 is 17.8 Å². The highest BCUT2D eigenvalue weighted by Gasteiger charge is 2.25. The molecule has 0 saturated carbocycles. The highest BCUT2D eigenvalue weighted by atomic mass is 32.2. The summed E-state index contributed by atoms with van der Waals surface area (Å²) < 4.78 is 7.56. The van der Waals surface area contributed by atoms with Gasteiger partial charge in [-0.25, -0.2) is 0 Å². The van der Waals surface area contributed by atoms with E-state index in [1.165, 1.54) is 12.8 Å². The molecule has 6 heteroatoms. The van der Waals surface area contributed by atoms with E-state index in [9.17, 15) is 0 Å². The summed E-state index contributed by atoms with van der Waals surface area (Å²) in [5.74, 6) is 3.30. The summed E-state index contributed by atoms with van der Waals surface area (Å²) in [7, 11) is 3.78. The van der Waals surface area contributed by atoms with Crippen LogP contribution in [-0.2, 0) is 7.05 Å². The number of rotatable bonds is 8. The fourth-order valence-electron chi connectivity index (χ4n) is 3.51. The summed E-state index contributed by atoms with van der Waals surface area (Å²) >= 11 is 1.68. The molecule has 1 aromatic carbocycles. The summed E-state index contributed by atoms with van der Waals surface area (Å²) in [5.41, 5.74) is 1.12. The molecule has 2 heterocycles. The number of nitrogens with zero attached hydrogens (tertiary/aromatic N) is 4. The van der Waals surface area contributed by atoms with Gasteiger partial charge in [0.05, 0.1) is 7.11 Å². The van der Waals surface area contributed by atoms with Crippen molar-refractivity contribution in [1.82, 2.24) is 19.7 Å². The molecule has 1 aliphatic heterocycles. The van der Waals surface area contributed by atoms with Gasteiger partial charge in [-0.2, -0.15) is 0 Å². The van der Waals surface area contributed by atoms with Crippen LogP contribution < -0.4 is 4.74 Å². The summed E-state index contributed by atoms with van der Waals surface area (Å²) in [5, 5.41) is 9.80. The zero-order chi connectivity index (χ0) is 19.1. The van der Waals surface area contributed by atoms with Gasteiger partial charge in [0.1, 0.15) is 11.6 Å². The molecule has 1 aromatic heterocycles. The Morgan fingerprint density at radius 3 is 3.00 bits per heavy atom. The second-order valence-electron chi connectivity index (χ2n) is 6.74. The minimum Gasteiger partial charge on any atom is -0.496 e. The Balaban J connectivity index is 1.60. The average molecular weight is 385 g/mol. The van der Waals surface area contributed by atoms with Crippen molar-refractivity contribution in [2.24, 2.45) is 7.05 Å². The standard InChI is InChI=1S/C21H28N4OS/c1-4-15-27-21-23-22-20(24(21)2)18-11-8-14-25(16-18)13-7-10-17-9-5-6-12-19(17)26-3/h4-7,9-10,12,18H,1,8,11,13-16H2,2-3H3/b10-7+/t18-/m0/s1. The monoisotopic (exact) mass is 384 g/mol. The van der Waals surface area contributed by atoms with Gasteiger partial charge in [-0.15, -0.1) is 16.8 Å². The van der Waals surface area contributed by atoms with Crippen LogP contribution in [-0.4, -0.2) is 52.2 Å². The Bertz CT molecular complexity index is 786. The molecule has 0 radical (unpaired) electrons. The molecule has 27 heavy (non-hydrogen) atoms. The Hall–Kier alpha value is -2.05. The van der Waals surface area contributed by atoms with Crippen molar-refractivity contribution in [3.8, 4) is 5.75 Å². The molecule has 3 rings (SSSR count). The van der Waals surface area contributed by atoms with Crippen molar-refractivity contribution in [1.29, 1.82) is 0 Å². The molecule has 0 aliphatic carbocycles. The number of likely N-dealkylation sites (tertiary alicyclic amines) is 1. The first-order chi connectivity index (χ1) is 13.2. The minimum atomic E-state index is 0.439. The Morgan fingerprint density at radius 1 is 1.33 bits per heavy atom. The minimum absolute atomic E-state index is 0.439. The molecule has 1 atom stereocenters. The molecule has 1 fully saturated rings. The van der Waals surface area contributed by atoms with Crippen LogP contribution in [0.4, 0.5) is 0 Å². The van der Waals surface area contributed by atoms with E-state index in [1.807, 2.05) is 24.3 Å². The van der Waals surface area contributed by atoms with E-state index in [2.05, 4.69) is 51.5 Å². The van der Waals surface area contributed by atoms with Crippen LogP contribution in [0.15, 0.2) is 48.2 Å². The SMILES string of the molecule is C=CCSc1nnc([C@H]2CCCN(C/C=C/c3ccccc3OC)C2)n1C. The highest BCUT2D eigenvalue weighted by molar-refractivity contribution is 7.99. The third-order valence-electron chi connectivity index (χ3n) is 4.87. The summed E-state index contributed by atoms with van der Waals surface area (Å²) in [6.45, 7) is 6.86. The second-order valence-corrected chi connectivity index (χ2v) is 7.73. The lowest BCUT2D eigenvalue weighted by atomic mass is 9.97. The third kappa shape index (κ3) is 5.02. The Labute approximate surface area is 166 Å². The first kappa shape index (κ1) is 19.7. The van der Waals surface area contributed by atoms with Crippen LogP contribution in [0, 0.1) is 0 Å². The molecule has 0 N–H and O–H groups in total. The predicted octanol–water partition coefficient (Wildman–Crippen LogP) is 3.99. The van der Waals surface area contributed by atoms with Gasteiger partial charge in [0, 0.05) is 37.4 Å². The van der Waals surface area contributed by atoms with Gasteiger partial charge < -0.3 is 9.30 Å². The van der Waals surface area contributed by atoms with Crippen LogP contribution >= 0.6 is 11.8 Å². The topological polar surface area (TPSA) is 43.2 Å². The maximum Gasteiger partial charge on any atom is 0.191 e. The summed E-state index contributed by atoms with van der Waals surface area (Å²) in [4.78, 5) is 2.49. The number of hydrogen-bond acceptors (Lipinski definition) is 5. The molecule has 1 saturated heterocycles. The van der Waals surface area contributed by atoms with E-state index in [4.69, 9.17) is 4.74 Å². The molecule has 5 nitrogen and oxygen atoms in total. The van der Waals surface area contributed by atoms with Crippen LogP contribution in [0.25, 0.3) is 6.08 Å². The molecule has 0 bridgehead atoms. The van der Waals surface area contributed by atoms with Crippen LogP contribution in [0.2, 0.25) is 0 Å².